The highest BCUT2D eigenvalue weighted by Crippen LogP contribution is 2.64. The molecule has 0 bridgehead atoms. The monoisotopic (exact) mass is 426 g/mol. The van der Waals surface area contributed by atoms with Gasteiger partial charge in [0.2, 0.25) is 0 Å². The van der Waals surface area contributed by atoms with Crippen LogP contribution >= 0.6 is 0 Å². The van der Waals surface area contributed by atoms with E-state index in [-0.39, 0.29) is 17.2 Å². The van der Waals surface area contributed by atoms with E-state index in [1.807, 2.05) is 49.4 Å². The number of aryl methyl sites for hydroxylation is 1. The first-order chi connectivity index (χ1) is 15.9. The summed E-state index contributed by atoms with van der Waals surface area (Å²) in [7, 11) is 0. The predicted octanol–water partition coefficient (Wildman–Crippen LogP) is 5.42. The first-order valence-electron chi connectivity index (χ1n) is 10.5. The molecular formula is C30H18O3. The van der Waals surface area contributed by atoms with Crippen molar-refractivity contribution in [2.24, 2.45) is 0 Å². The van der Waals surface area contributed by atoms with Gasteiger partial charge in [-0.05, 0) is 99.5 Å². The fourth-order valence-electron chi connectivity index (χ4n) is 5.57. The van der Waals surface area contributed by atoms with Gasteiger partial charge in [0.25, 0.3) is 0 Å². The van der Waals surface area contributed by atoms with Crippen molar-refractivity contribution in [1.29, 1.82) is 0 Å². The van der Waals surface area contributed by atoms with Crippen LogP contribution in [0.25, 0.3) is 22.3 Å². The fraction of sp³-hybridized carbons (Fsp3) is 0.0667. The van der Waals surface area contributed by atoms with Crippen LogP contribution in [0, 0.1) is 31.6 Å². The quantitative estimate of drug-likeness (QED) is 0.225. The van der Waals surface area contributed by atoms with Crippen molar-refractivity contribution in [1.82, 2.24) is 0 Å². The maximum absolute atomic E-state index is 10.6. The molecule has 0 aromatic heterocycles. The van der Waals surface area contributed by atoms with Crippen LogP contribution in [0.15, 0.2) is 60.7 Å². The number of hydrogen-bond donors (Lipinski definition) is 3. The Hall–Kier alpha value is -4.60. The Labute approximate surface area is 191 Å². The number of terminal acetylenes is 2. The zero-order chi connectivity index (χ0) is 23.1. The lowest BCUT2D eigenvalue weighted by molar-refractivity contribution is 0.403. The fourth-order valence-corrected chi connectivity index (χ4v) is 5.57. The molecule has 6 rings (SSSR count). The van der Waals surface area contributed by atoms with E-state index < -0.39 is 5.41 Å². The van der Waals surface area contributed by atoms with Gasteiger partial charge >= 0.3 is 0 Å². The Morgan fingerprint density at radius 3 is 1.58 bits per heavy atom. The van der Waals surface area contributed by atoms with Crippen LogP contribution in [-0.2, 0) is 5.41 Å². The minimum absolute atomic E-state index is 0.185. The van der Waals surface area contributed by atoms with Gasteiger partial charge in [0.15, 0.2) is 11.5 Å². The average Bonchev–Trinajstić information content (AvgIpc) is 3.24. The van der Waals surface area contributed by atoms with Crippen LogP contribution in [-0.4, -0.2) is 15.3 Å². The highest BCUT2D eigenvalue weighted by atomic mass is 16.3. The average molecular weight is 426 g/mol. The Balaban J connectivity index is 1.88. The summed E-state index contributed by atoms with van der Waals surface area (Å²) >= 11 is 0. The van der Waals surface area contributed by atoms with E-state index in [0.717, 1.165) is 61.2 Å². The minimum Gasteiger partial charge on any atom is -0.508 e. The zero-order valence-corrected chi connectivity index (χ0v) is 17.8. The van der Waals surface area contributed by atoms with Crippen LogP contribution in [0.4, 0.5) is 0 Å². The van der Waals surface area contributed by atoms with E-state index in [0.29, 0.717) is 0 Å². The standard InChI is InChI=1S/C30H18O3/c1-4-17-6-8-19-21-13-27(31)16(3)10-23(21)30(24(19)11-17)25-12-18(5-2)7-9-20(25)22-14-28(32)29(33)15-26(22)30/h1-2,6-15,31-33H,3H3. The SMILES string of the molecule is C#Cc1ccc2c(c1)C1(c3cc(C#C)ccc3-c3cc(O)c(O)cc31)c1cc(C)c(O)cc1-2. The summed E-state index contributed by atoms with van der Waals surface area (Å²) in [5, 5.41) is 31.5. The molecule has 0 aliphatic heterocycles. The molecule has 4 aromatic carbocycles. The number of hydrogen-bond acceptors (Lipinski definition) is 3. The third-order valence-corrected chi connectivity index (χ3v) is 7.02. The van der Waals surface area contributed by atoms with Gasteiger partial charge in [-0.15, -0.1) is 12.8 Å². The Morgan fingerprint density at radius 1 is 0.576 bits per heavy atom. The van der Waals surface area contributed by atoms with Crippen LogP contribution in [0.2, 0.25) is 0 Å². The van der Waals surface area contributed by atoms with E-state index >= 15 is 0 Å². The summed E-state index contributed by atoms with van der Waals surface area (Å²) in [4.78, 5) is 0. The second kappa shape index (κ2) is 6.22. The molecule has 0 fully saturated rings. The van der Waals surface area contributed by atoms with Crippen molar-refractivity contribution < 1.29 is 15.3 Å². The predicted molar refractivity (Wildman–Crippen MR) is 128 cm³/mol. The molecule has 1 unspecified atom stereocenters. The normalized spacial score (nSPS) is 16.5. The van der Waals surface area contributed by atoms with E-state index in [4.69, 9.17) is 12.8 Å². The van der Waals surface area contributed by atoms with Gasteiger partial charge in [0.1, 0.15) is 5.75 Å². The van der Waals surface area contributed by atoms with E-state index in [2.05, 4.69) is 11.8 Å². The lowest BCUT2D eigenvalue weighted by atomic mass is 9.70. The van der Waals surface area contributed by atoms with Gasteiger partial charge in [-0.3, -0.25) is 0 Å². The van der Waals surface area contributed by atoms with Crippen LogP contribution < -0.4 is 0 Å². The van der Waals surface area contributed by atoms with E-state index in [1.54, 1.807) is 18.2 Å². The number of aromatic hydroxyl groups is 3. The van der Waals surface area contributed by atoms with Gasteiger partial charge in [-0.2, -0.15) is 0 Å². The van der Waals surface area contributed by atoms with Crippen molar-refractivity contribution in [2.75, 3.05) is 0 Å². The van der Waals surface area contributed by atoms with Crippen LogP contribution in [0.3, 0.4) is 0 Å². The maximum atomic E-state index is 10.6. The number of phenols is 3. The molecule has 3 nitrogen and oxygen atoms in total. The van der Waals surface area contributed by atoms with Gasteiger partial charge in [0, 0.05) is 11.1 Å². The smallest absolute Gasteiger partial charge is 0.158 e. The molecule has 3 heteroatoms. The molecule has 156 valence electrons. The highest BCUT2D eigenvalue weighted by molar-refractivity contribution is 5.96. The minimum atomic E-state index is -0.807. The molecule has 4 aromatic rings. The van der Waals surface area contributed by atoms with Gasteiger partial charge in [-0.25, -0.2) is 0 Å². The van der Waals surface area contributed by atoms with Gasteiger partial charge in [0.05, 0.1) is 5.41 Å². The molecule has 0 saturated heterocycles. The van der Waals surface area contributed by atoms with Crippen molar-refractivity contribution in [3.05, 3.63) is 99.6 Å². The third-order valence-electron chi connectivity index (χ3n) is 7.02. The summed E-state index contributed by atoms with van der Waals surface area (Å²) in [6.45, 7) is 1.86. The summed E-state index contributed by atoms with van der Waals surface area (Å²) in [6, 6.07) is 18.7. The van der Waals surface area contributed by atoms with Crippen molar-refractivity contribution in [2.45, 2.75) is 12.3 Å². The molecule has 1 spiro atoms. The van der Waals surface area contributed by atoms with Crippen molar-refractivity contribution in [3.8, 4) is 64.2 Å². The number of benzene rings is 4. The van der Waals surface area contributed by atoms with E-state index in [1.165, 1.54) is 0 Å². The molecule has 33 heavy (non-hydrogen) atoms. The summed E-state index contributed by atoms with van der Waals surface area (Å²) < 4.78 is 0. The van der Waals surface area contributed by atoms with Crippen LogP contribution in [0.1, 0.15) is 38.9 Å². The first kappa shape index (κ1) is 19.1. The highest BCUT2D eigenvalue weighted by Gasteiger charge is 2.52. The molecule has 1 atom stereocenters. The van der Waals surface area contributed by atoms with Gasteiger partial charge < -0.3 is 15.3 Å². The molecule has 0 saturated carbocycles. The lowest BCUT2D eigenvalue weighted by Gasteiger charge is -2.31. The summed E-state index contributed by atoms with van der Waals surface area (Å²) in [5.41, 5.74) is 8.71. The van der Waals surface area contributed by atoms with Crippen LogP contribution in [0.5, 0.6) is 17.2 Å². The number of rotatable bonds is 0. The van der Waals surface area contributed by atoms with Crippen molar-refractivity contribution >= 4 is 0 Å². The molecule has 3 N–H and O–H groups in total. The lowest BCUT2D eigenvalue weighted by Crippen LogP contribution is -2.26. The molecule has 0 amide bonds. The largest absolute Gasteiger partial charge is 0.508 e. The zero-order valence-electron chi connectivity index (χ0n) is 17.8. The molecule has 2 aliphatic carbocycles. The second-order valence-electron chi connectivity index (χ2n) is 8.63. The first-order valence-corrected chi connectivity index (χ1v) is 10.5. The third kappa shape index (κ3) is 2.21. The Morgan fingerprint density at radius 2 is 1.03 bits per heavy atom. The summed E-state index contributed by atoms with van der Waals surface area (Å²) in [6.07, 6.45) is 11.5. The number of phenolic OH excluding ortho intramolecular Hbond substituents is 3. The van der Waals surface area contributed by atoms with Crippen molar-refractivity contribution in [3.63, 3.8) is 0 Å². The number of fused-ring (bicyclic) bond motifs is 10. The molecule has 0 radical (unpaired) electrons. The molecule has 2 aliphatic rings. The molecular weight excluding hydrogens is 408 g/mol. The summed E-state index contributed by atoms with van der Waals surface area (Å²) in [5.74, 6) is 5.29. The maximum Gasteiger partial charge on any atom is 0.158 e. The van der Waals surface area contributed by atoms with Gasteiger partial charge in [-0.1, -0.05) is 30.0 Å². The Bertz CT molecular complexity index is 1500. The van der Waals surface area contributed by atoms with E-state index in [9.17, 15) is 15.3 Å². The molecule has 0 heterocycles. The topological polar surface area (TPSA) is 60.7 Å². The Kier molecular flexibility index (Phi) is 3.60. The second-order valence-corrected chi connectivity index (χ2v) is 8.63.